The van der Waals surface area contributed by atoms with E-state index in [1.807, 2.05) is 36.7 Å². The molecule has 3 amide bonds. The molecule has 176 valence electrons. The Bertz CT molecular complexity index is 1140. The zero-order valence-electron chi connectivity index (χ0n) is 19.0. The number of benzene rings is 1. The summed E-state index contributed by atoms with van der Waals surface area (Å²) < 4.78 is 6.52. The Morgan fingerprint density at radius 2 is 1.82 bits per heavy atom. The molecule has 0 bridgehead atoms. The van der Waals surface area contributed by atoms with Crippen molar-refractivity contribution >= 4 is 17.7 Å². The van der Waals surface area contributed by atoms with Crippen LogP contribution in [0.2, 0.25) is 0 Å². The smallest absolute Gasteiger partial charge is 0.255 e. The van der Waals surface area contributed by atoms with E-state index in [9.17, 15) is 14.4 Å². The largest absolute Gasteiger partial charge is 0.490 e. The molecule has 8 nitrogen and oxygen atoms in total. The molecule has 1 saturated carbocycles. The first-order valence-corrected chi connectivity index (χ1v) is 12.2. The molecule has 0 radical (unpaired) electrons. The lowest BCUT2D eigenvalue weighted by molar-refractivity contribution is -0.136. The van der Waals surface area contributed by atoms with Gasteiger partial charge >= 0.3 is 0 Å². The summed E-state index contributed by atoms with van der Waals surface area (Å²) in [6, 6.07) is 7.49. The fourth-order valence-corrected chi connectivity index (χ4v) is 5.74. The summed E-state index contributed by atoms with van der Waals surface area (Å²) in [6.45, 7) is 1.21. The third-order valence-corrected chi connectivity index (χ3v) is 7.68. The summed E-state index contributed by atoms with van der Waals surface area (Å²) in [5.41, 5.74) is 3.71. The summed E-state index contributed by atoms with van der Waals surface area (Å²) in [5.74, 6) is 0.282. The first kappa shape index (κ1) is 21.3. The highest BCUT2D eigenvalue weighted by atomic mass is 16.5. The summed E-state index contributed by atoms with van der Waals surface area (Å²) in [5, 5.41) is 5.91. The minimum absolute atomic E-state index is 0.0431. The summed E-state index contributed by atoms with van der Waals surface area (Å²) in [4.78, 5) is 43.2. The Kier molecular flexibility index (Phi) is 5.32. The number of carbonyl (C=O) groups is 3. The van der Waals surface area contributed by atoms with Crippen molar-refractivity contribution in [3.05, 3.63) is 58.9 Å². The van der Waals surface area contributed by atoms with Crippen LogP contribution in [0.15, 0.2) is 36.7 Å². The van der Waals surface area contributed by atoms with Crippen molar-refractivity contribution in [2.75, 3.05) is 6.54 Å². The Balaban J connectivity index is 1.34. The minimum Gasteiger partial charge on any atom is -0.490 e. The Morgan fingerprint density at radius 1 is 1.03 bits per heavy atom. The van der Waals surface area contributed by atoms with Crippen LogP contribution in [0.1, 0.15) is 77.5 Å². The van der Waals surface area contributed by atoms with E-state index in [1.54, 1.807) is 4.90 Å². The standard InChI is InChI=1S/C26H28N4O4/c31-23-6-5-21(25(32)29-23)30-14-16-11-22(34-17-3-1-2-4-17)19(12-18(16)26(30)33)24-20(13-28-24)15-7-9-27-10-8-15/h7-12,17,20-21,24,28H,1-6,13-14H2,(H,29,31,32). The van der Waals surface area contributed by atoms with Crippen molar-refractivity contribution in [3.8, 4) is 5.75 Å². The van der Waals surface area contributed by atoms with Crippen molar-refractivity contribution in [3.63, 3.8) is 0 Å². The number of imide groups is 1. The molecule has 2 saturated heterocycles. The van der Waals surface area contributed by atoms with Crippen LogP contribution in [0.5, 0.6) is 5.75 Å². The predicted molar refractivity (Wildman–Crippen MR) is 123 cm³/mol. The highest BCUT2D eigenvalue weighted by molar-refractivity contribution is 6.05. The molecular weight excluding hydrogens is 432 g/mol. The van der Waals surface area contributed by atoms with Gasteiger partial charge in [-0.25, -0.2) is 0 Å². The van der Waals surface area contributed by atoms with Crippen LogP contribution in [0.4, 0.5) is 0 Å². The molecule has 3 aliphatic heterocycles. The van der Waals surface area contributed by atoms with E-state index in [0.29, 0.717) is 18.5 Å². The molecule has 4 heterocycles. The van der Waals surface area contributed by atoms with Crippen LogP contribution >= 0.6 is 0 Å². The highest BCUT2D eigenvalue weighted by Crippen LogP contribution is 2.44. The second-order valence-corrected chi connectivity index (χ2v) is 9.74. The van der Waals surface area contributed by atoms with Crippen LogP contribution < -0.4 is 15.4 Å². The monoisotopic (exact) mass is 460 g/mol. The Morgan fingerprint density at radius 3 is 2.53 bits per heavy atom. The fraction of sp³-hybridized carbons (Fsp3) is 0.462. The van der Waals surface area contributed by atoms with Gasteiger partial charge in [0.05, 0.1) is 6.10 Å². The van der Waals surface area contributed by atoms with Crippen LogP contribution in [0.3, 0.4) is 0 Å². The van der Waals surface area contributed by atoms with E-state index in [2.05, 4.69) is 15.6 Å². The van der Waals surface area contributed by atoms with Gasteiger partial charge in [-0.3, -0.25) is 24.7 Å². The van der Waals surface area contributed by atoms with Crippen molar-refractivity contribution < 1.29 is 19.1 Å². The molecule has 6 rings (SSSR count). The molecule has 3 atom stereocenters. The number of hydrogen-bond acceptors (Lipinski definition) is 6. The number of fused-ring (bicyclic) bond motifs is 1. The molecule has 1 aromatic heterocycles. The number of pyridine rings is 1. The molecule has 34 heavy (non-hydrogen) atoms. The van der Waals surface area contributed by atoms with E-state index >= 15 is 0 Å². The summed E-state index contributed by atoms with van der Waals surface area (Å²) in [6.07, 6.45) is 8.86. The van der Waals surface area contributed by atoms with Crippen molar-refractivity contribution in [1.29, 1.82) is 0 Å². The topological polar surface area (TPSA) is 101 Å². The lowest BCUT2D eigenvalue weighted by Crippen LogP contribution is -2.52. The van der Waals surface area contributed by atoms with Gasteiger partial charge in [0.1, 0.15) is 11.8 Å². The van der Waals surface area contributed by atoms with Crippen molar-refractivity contribution in [2.45, 2.75) is 69.2 Å². The zero-order chi connectivity index (χ0) is 23.2. The van der Waals surface area contributed by atoms with Crippen LogP contribution in [-0.4, -0.2) is 46.3 Å². The highest BCUT2D eigenvalue weighted by Gasteiger charge is 2.42. The van der Waals surface area contributed by atoms with Crippen LogP contribution in [-0.2, 0) is 16.1 Å². The molecule has 0 spiro atoms. The lowest BCUT2D eigenvalue weighted by atomic mass is 9.80. The average molecular weight is 461 g/mol. The second kappa shape index (κ2) is 8.51. The van der Waals surface area contributed by atoms with Gasteiger partial charge in [-0.05, 0) is 67.5 Å². The van der Waals surface area contributed by atoms with Gasteiger partial charge < -0.3 is 15.0 Å². The maximum absolute atomic E-state index is 13.4. The molecule has 2 N–H and O–H groups in total. The zero-order valence-corrected chi connectivity index (χ0v) is 19.0. The van der Waals surface area contributed by atoms with Gasteiger partial charge in [0, 0.05) is 55.0 Å². The maximum Gasteiger partial charge on any atom is 0.255 e. The van der Waals surface area contributed by atoms with Crippen molar-refractivity contribution in [1.82, 2.24) is 20.5 Å². The first-order chi connectivity index (χ1) is 16.6. The second-order valence-electron chi connectivity index (χ2n) is 9.74. The Labute approximate surface area is 198 Å². The third kappa shape index (κ3) is 3.66. The molecule has 1 aliphatic carbocycles. The van der Waals surface area contributed by atoms with E-state index in [4.69, 9.17) is 4.74 Å². The first-order valence-electron chi connectivity index (χ1n) is 12.2. The number of rotatable bonds is 5. The van der Waals surface area contributed by atoms with Gasteiger partial charge in [0.15, 0.2) is 0 Å². The van der Waals surface area contributed by atoms with Crippen LogP contribution in [0, 0.1) is 0 Å². The number of amides is 3. The molecule has 3 unspecified atom stereocenters. The van der Waals surface area contributed by atoms with E-state index in [-0.39, 0.29) is 36.3 Å². The van der Waals surface area contributed by atoms with E-state index < -0.39 is 11.9 Å². The maximum atomic E-state index is 13.4. The number of piperidine rings is 1. The number of aromatic nitrogens is 1. The number of ether oxygens (including phenoxy) is 1. The van der Waals surface area contributed by atoms with Crippen molar-refractivity contribution in [2.24, 2.45) is 0 Å². The van der Waals surface area contributed by atoms with E-state index in [0.717, 1.165) is 36.3 Å². The molecular formula is C26H28N4O4. The van der Waals surface area contributed by atoms with E-state index in [1.165, 1.54) is 18.4 Å². The molecule has 4 aliphatic rings. The lowest BCUT2D eigenvalue weighted by Gasteiger charge is -2.40. The number of nitrogens with zero attached hydrogens (tertiary/aromatic N) is 2. The molecule has 8 heteroatoms. The number of carbonyl (C=O) groups excluding carboxylic acids is 3. The quantitative estimate of drug-likeness (QED) is 0.666. The molecule has 2 aromatic rings. The van der Waals surface area contributed by atoms with Gasteiger partial charge in [0.2, 0.25) is 11.8 Å². The fourth-order valence-electron chi connectivity index (χ4n) is 5.74. The summed E-state index contributed by atoms with van der Waals surface area (Å²) >= 11 is 0. The average Bonchev–Trinajstić information content (AvgIpc) is 3.42. The van der Waals surface area contributed by atoms with Gasteiger partial charge in [0.25, 0.3) is 5.91 Å². The van der Waals surface area contributed by atoms with Gasteiger partial charge in [-0.15, -0.1) is 0 Å². The number of nitrogens with one attached hydrogen (secondary N) is 2. The summed E-state index contributed by atoms with van der Waals surface area (Å²) in [7, 11) is 0. The molecule has 1 aromatic carbocycles. The normalized spacial score (nSPS) is 26.9. The Hall–Kier alpha value is -3.26. The van der Waals surface area contributed by atoms with Crippen LogP contribution in [0.25, 0.3) is 0 Å². The number of hydrogen-bond donors (Lipinski definition) is 2. The SMILES string of the molecule is O=C1CCC(N2Cc3cc(OC4CCCC4)c(C4NCC4c4ccncc4)cc3C2=O)C(=O)N1. The minimum atomic E-state index is -0.619. The molecule has 3 fully saturated rings. The van der Waals surface area contributed by atoms with Gasteiger partial charge in [-0.2, -0.15) is 0 Å². The third-order valence-electron chi connectivity index (χ3n) is 7.68. The van der Waals surface area contributed by atoms with Gasteiger partial charge in [-0.1, -0.05) is 0 Å². The predicted octanol–water partition coefficient (Wildman–Crippen LogP) is 2.59.